The SMILES string of the molecule is Cc1nn(CC(C)C)c(C)c1CC(=O)OC/C=C/c1ccccc1. The van der Waals surface area contributed by atoms with Crippen LogP contribution < -0.4 is 0 Å². The van der Waals surface area contributed by atoms with Crippen molar-refractivity contribution in [2.45, 2.75) is 40.7 Å². The summed E-state index contributed by atoms with van der Waals surface area (Å²) in [6.45, 7) is 9.42. The van der Waals surface area contributed by atoms with Gasteiger partial charge in [-0.25, -0.2) is 0 Å². The van der Waals surface area contributed by atoms with E-state index in [9.17, 15) is 4.79 Å². The smallest absolute Gasteiger partial charge is 0.310 e. The Kier molecular flexibility index (Phi) is 6.36. The molecule has 2 rings (SSSR count). The predicted molar refractivity (Wildman–Crippen MR) is 96.7 cm³/mol. The Morgan fingerprint density at radius 1 is 1.25 bits per heavy atom. The van der Waals surface area contributed by atoms with Crippen LogP contribution in [0.4, 0.5) is 0 Å². The molecule has 1 aromatic heterocycles. The van der Waals surface area contributed by atoms with Crippen molar-refractivity contribution in [2.75, 3.05) is 6.61 Å². The summed E-state index contributed by atoms with van der Waals surface area (Å²) in [4.78, 5) is 12.1. The minimum Gasteiger partial charge on any atom is -0.461 e. The summed E-state index contributed by atoms with van der Waals surface area (Å²) in [5.41, 5.74) is 4.03. The molecular weight excluding hydrogens is 300 g/mol. The molecule has 0 radical (unpaired) electrons. The van der Waals surface area contributed by atoms with Crippen molar-refractivity contribution in [3.05, 3.63) is 58.9 Å². The van der Waals surface area contributed by atoms with E-state index in [1.165, 1.54) is 0 Å². The standard InChI is InChI=1S/C20H26N2O2/c1-15(2)14-22-17(4)19(16(3)21-22)13-20(23)24-12-8-11-18-9-6-5-7-10-18/h5-11,15H,12-14H2,1-4H3/b11-8+. The summed E-state index contributed by atoms with van der Waals surface area (Å²) in [6, 6.07) is 9.95. The van der Waals surface area contributed by atoms with Gasteiger partial charge < -0.3 is 4.74 Å². The average Bonchev–Trinajstić information content (AvgIpc) is 2.79. The number of hydrogen-bond acceptors (Lipinski definition) is 3. The zero-order valence-electron chi connectivity index (χ0n) is 15.0. The third-order valence-corrected chi connectivity index (χ3v) is 3.84. The number of esters is 1. The fraction of sp³-hybridized carbons (Fsp3) is 0.400. The van der Waals surface area contributed by atoms with Gasteiger partial charge in [0, 0.05) is 17.8 Å². The first-order chi connectivity index (χ1) is 11.5. The number of aryl methyl sites for hydroxylation is 1. The van der Waals surface area contributed by atoms with E-state index < -0.39 is 0 Å². The fourth-order valence-electron chi connectivity index (χ4n) is 2.60. The second-order valence-electron chi connectivity index (χ2n) is 6.40. The van der Waals surface area contributed by atoms with Crippen LogP contribution in [0.2, 0.25) is 0 Å². The van der Waals surface area contributed by atoms with E-state index >= 15 is 0 Å². The van der Waals surface area contributed by atoms with Crippen LogP contribution in [0.25, 0.3) is 6.08 Å². The van der Waals surface area contributed by atoms with Crippen molar-refractivity contribution < 1.29 is 9.53 Å². The van der Waals surface area contributed by atoms with E-state index in [1.54, 1.807) is 0 Å². The molecule has 0 aliphatic rings. The molecule has 4 heteroatoms. The van der Waals surface area contributed by atoms with Gasteiger partial charge in [0.2, 0.25) is 0 Å². The zero-order valence-corrected chi connectivity index (χ0v) is 15.0. The van der Waals surface area contributed by atoms with Crippen LogP contribution in [0.5, 0.6) is 0 Å². The van der Waals surface area contributed by atoms with Gasteiger partial charge in [0.25, 0.3) is 0 Å². The average molecular weight is 326 g/mol. The Hall–Kier alpha value is -2.36. The maximum absolute atomic E-state index is 12.1. The Morgan fingerprint density at radius 3 is 2.62 bits per heavy atom. The molecule has 0 N–H and O–H groups in total. The molecule has 0 saturated carbocycles. The highest BCUT2D eigenvalue weighted by molar-refractivity contribution is 5.73. The van der Waals surface area contributed by atoms with Crippen LogP contribution in [-0.4, -0.2) is 22.4 Å². The number of aromatic nitrogens is 2. The number of carbonyl (C=O) groups excluding carboxylic acids is 1. The second-order valence-corrected chi connectivity index (χ2v) is 6.40. The quantitative estimate of drug-likeness (QED) is 0.724. The number of benzene rings is 1. The van der Waals surface area contributed by atoms with Gasteiger partial charge in [-0.05, 0) is 31.4 Å². The number of rotatable bonds is 7. The van der Waals surface area contributed by atoms with E-state index in [0.29, 0.717) is 5.92 Å². The van der Waals surface area contributed by atoms with E-state index in [-0.39, 0.29) is 19.0 Å². The molecular formula is C20H26N2O2. The first-order valence-electron chi connectivity index (χ1n) is 8.37. The van der Waals surface area contributed by atoms with Gasteiger partial charge in [-0.15, -0.1) is 0 Å². The minimum atomic E-state index is -0.219. The third-order valence-electron chi connectivity index (χ3n) is 3.84. The number of carbonyl (C=O) groups is 1. The molecule has 0 fully saturated rings. The van der Waals surface area contributed by atoms with Crippen molar-refractivity contribution in [2.24, 2.45) is 5.92 Å². The topological polar surface area (TPSA) is 44.1 Å². The highest BCUT2D eigenvalue weighted by Crippen LogP contribution is 2.15. The Labute approximate surface area is 144 Å². The first-order valence-corrected chi connectivity index (χ1v) is 8.37. The lowest BCUT2D eigenvalue weighted by Gasteiger charge is -2.08. The zero-order chi connectivity index (χ0) is 17.5. The molecule has 1 aromatic carbocycles. The van der Waals surface area contributed by atoms with Gasteiger partial charge in [0.1, 0.15) is 6.61 Å². The predicted octanol–water partition coefficient (Wildman–Crippen LogP) is 3.96. The molecule has 0 bridgehead atoms. The number of nitrogens with zero attached hydrogens (tertiary/aromatic N) is 2. The van der Waals surface area contributed by atoms with Crippen LogP contribution in [0.3, 0.4) is 0 Å². The Bertz CT molecular complexity index is 700. The number of hydrogen-bond donors (Lipinski definition) is 0. The lowest BCUT2D eigenvalue weighted by molar-refractivity contribution is -0.141. The van der Waals surface area contributed by atoms with Crippen LogP contribution in [0.15, 0.2) is 36.4 Å². The van der Waals surface area contributed by atoms with E-state index in [0.717, 1.165) is 29.1 Å². The van der Waals surface area contributed by atoms with E-state index in [1.807, 2.05) is 61.0 Å². The lowest BCUT2D eigenvalue weighted by Crippen LogP contribution is -2.11. The molecule has 0 unspecified atom stereocenters. The summed E-state index contributed by atoms with van der Waals surface area (Å²) < 4.78 is 7.29. The molecule has 24 heavy (non-hydrogen) atoms. The highest BCUT2D eigenvalue weighted by Gasteiger charge is 2.16. The van der Waals surface area contributed by atoms with Gasteiger partial charge in [-0.3, -0.25) is 9.48 Å². The molecule has 0 spiro atoms. The summed E-state index contributed by atoms with van der Waals surface area (Å²) in [5.74, 6) is 0.300. The van der Waals surface area contributed by atoms with Gasteiger partial charge in [-0.2, -0.15) is 5.10 Å². The summed E-state index contributed by atoms with van der Waals surface area (Å²) in [6.07, 6.45) is 4.08. The summed E-state index contributed by atoms with van der Waals surface area (Å²) >= 11 is 0. The Balaban J connectivity index is 1.88. The maximum atomic E-state index is 12.1. The normalized spacial score (nSPS) is 11.4. The minimum absolute atomic E-state index is 0.219. The molecule has 0 atom stereocenters. The summed E-state index contributed by atoms with van der Waals surface area (Å²) in [7, 11) is 0. The molecule has 0 aliphatic carbocycles. The van der Waals surface area contributed by atoms with Crippen LogP contribution in [-0.2, 0) is 22.5 Å². The van der Waals surface area contributed by atoms with E-state index in [2.05, 4.69) is 18.9 Å². The van der Waals surface area contributed by atoms with Gasteiger partial charge in [0.15, 0.2) is 0 Å². The second kappa shape index (κ2) is 8.48. The van der Waals surface area contributed by atoms with Crippen molar-refractivity contribution in [1.82, 2.24) is 9.78 Å². The van der Waals surface area contributed by atoms with Crippen LogP contribution in [0.1, 0.15) is 36.4 Å². The lowest BCUT2D eigenvalue weighted by atomic mass is 10.1. The monoisotopic (exact) mass is 326 g/mol. The molecule has 0 saturated heterocycles. The van der Waals surface area contributed by atoms with Crippen molar-refractivity contribution in [1.29, 1.82) is 0 Å². The van der Waals surface area contributed by atoms with Crippen LogP contribution >= 0.6 is 0 Å². The largest absolute Gasteiger partial charge is 0.461 e. The summed E-state index contributed by atoms with van der Waals surface area (Å²) in [5, 5.41) is 4.53. The Morgan fingerprint density at radius 2 is 1.96 bits per heavy atom. The van der Waals surface area contributed by atoms with Crippen molar-refractivity contribution >= 4 is 12.0 Å². The van der Waals surface area contributed by atoms with Gasteiger partial charge in [0.05, 0.1) is 12.1 Å². The van der Waals surface area contributed by atoms with E-state index in [4.69, 9.17) is 4.74 Å². The van der Waals surface area contributed by atoms with Gasteiger partial charge >= 0.3 is 5.97 Å². The molecule has 2 aromatic rings. The van der Waals surface area contributed by atoms with Crippen LogP contribution in [0, 0.1) is 19.8 Å². The molecule has 1 heterocycles. The highest BCUT2D eigenvalue weighted by atomic mass is 16.5. The number of ether oxygens (including phenoxy) is 1. The molecule has 128 valence electrons. The molecule has 4 nitrogen and oxygen atoms in total. The molecule has 0 aliphatic heterocycles. The van der Waals surface area contributed by atoms with Gasteiger partial charge in [-0.1, -0.05) is 50.3 Å². The van der Waals surface area contributed by atoms with Crippen molar-refractivity contribution in [3.8, 4) is 0 Å². The first kappa shape index (κ1) is 18.0. The fourth-order valence-corrected chi connectivity index (χ4v) is 2.60. The molecule has 0 amide bonds. The third kappa shape index (κ3) is 5.08. The maximum Gasteiger partial charge on any atom is 0.310 e. The van der Waals surface area contributed by atoms with Crippen molar-refractivity contribution in [3.63, 3.8) is 0 Å².